The minimum atomic E-state index is 0.404. The summed E-state index contributed by atoms with van der Waals surface area (Å²) in [5.41, 5.74) is 2.43. The maximum Gasteiger partial charge on any atom is 0.0892 e. The van der Waals surface area contributed by atoms with E-state index in [1.165, 1.54) is 37.7 Å². The van der Waals surface area contributed by atoms with Crippen molar-refractivity contribution in [2.24, 2.45) is 17.8 Å². The van der Waals surface area contributed by atoms with Crippen molar-refractivity contribution < 1.29 is 0 Å². The first-order chi connectivity index (χ1) is 9.85. The van der Waals surface area contributed by atoms with Crippen molar-refractivity contribution in [1.82, 2.24) is 19.9 Å². The Morgan fingerprint density at radius 1 is 1.35 bits per heavy atom. The minimum Gasteiger partial charge on any atom is -0.313 e. The number of nitrogens with zero attached hydrogens (tertiary/aromatic N) is 3. The van der Waals surface area contributed by atoms with Crippen LogP contribution in [0.25, 0.3) is 5.52 Å². The average molecular weight is 270 g/mol. The van der Waals surface area contributed by atoms with Gasteiger partial charge in [0.2, 0.25) is 0 Å². The van der Waals surface area contributed by atoms with Gasteiger partial charge >= 0.3 is 0 Å². The summed E-state index contributed by atoms with van der Waals surface area (Å²) >= 11 is 0. The van der Waals surface area contributed by atoms with E-state index < -0.39 is 0 Å². The van der Waals surface area contributed by atoms with Gasteiger partial charge in [0.25, 0.3) is 0 Å². The van der Waals surface area contributed by atoms with E-state index in [-0.39, 0.29) is 0 Å². The molecule has 1 N–H and O–H groups in total. The number of fused-ring (bicyclic) bond motifs is 3. The Bertz CT molecular complexity index is 605. The van der Waals surface area contributed by atoms with Gasteiger partial charge in [-0.2, -0.15) is 5.10 Å². The first-order valence-electron chi connectivity index (χ1n) is 7.79. The lowest BCUT2D eigenvalue weighted by atomic mass is 9.83. The highest BCUT2D eigenvalue weighted by molar-refractivity contribution is 5.53. The lowest BCUT2D eigenvalue weighted by molar-refractivity contribution is 0.284. The van der Waals surface area contributed by atoms with Gasteiger partial charge in [-0.1, -0.05) is 6.42 Å². The van der Waals surface area contributed by atoms with Crippen LogP contribution in [0.5, 0.6) is 0 Å². The smallest absolute Gasteiger partial charge is 0.0892 e. The lowest BCUT2D eigenvalue weighted by Crippen LogP contribution is -2.22. The number of aromatic nitrogens is 3. The molecular formula is C16H22N4. The SMILES string of the molecule is CNC(CC1CC2CCC1C2)c1cnn2ccncc12. The van der Waals surface area contributed by atoms with Crippen LogP contribution in [0.4, 0.5) is 0 Å². The van der Waals surface area contributed by atoms with Crippen LogP contribution in [-0.2, 0) is 0 Å². The van der Waals surface area contributed by atoms with E-state index in [1.54, 1.807) is 6.20 Å². The summed E-state index contributed by atoms with van der Waals surface area (Å²) in [4.78, 5) is 4.24. The Kier molecular flexibility index (Phi) is 2.99. The monoisotopic (exact) mass is 270 g/mol. The number of hydrogen-bond acceptors (Lipinski definition) is 3. The first kappa shape index (κ1) is 12.3. The fraction of sp³-hybridized carbons (Fsp3) is 0.625. The molecule has 0 spiro atoms. The Morgan fingerprint density at radius 2 is 2.30 bits per heavy atom. The predicted molar refractivity (Wildman–Crippen MR) is 78.3 cm³/mol. The quantitative estimate of drug-likeness (QED) is 0.929. The maximum atomic E-state index is 4.45. The summed E-state index contributed by atoms with van der Waals surface area (Å²) in [5, 5.41) is 7.95. The van der Waals surface area contributed by atoms with Gasteiger partial charge in [0.15, 0.2) is 0 Å². The standard InChI is InChI=1S/C16H22N4/c1-17-15(8-13-7-11-2-3-12(13)6-11)14-9-19-20-5-4-18-10-16(14)20/h4-5,9-13,15,17H,2-3,6-8H2,1H3. The molecule has 2 bridgehead atoms. The molecule has 2 aromatic heterocycles. The fourth-order valence-corrected chi connectivity index (χ4v) is 4.49. The predicted octanol–water partition coefficient (Wildman–Crippen LogP) is 2.82. The zero-order valence-corrected chi connectivity index (χ0v) is 12.0. The summed E-state index contributed by atoms with van der Waals surface area (Å²) in [6, 6.07) is 0.404. The maximum absolute atomic E-state index is 4.45. The van der Waals surface area contributed by atoms with Gasteiger partial charge in [0.05, 0.1) is 17.9 Å². The highest BCUT2D eigenvalue weighted by Crippen LogP contribution is 2.51. The van der Waals surface area contributed by atoms with Gasteiger partial charge in [-0.3, -0.25) is 4.98 Å². The molecule has 106 valence electrons. The molecule has 0 saturated heterocycles. The van der Waals surface area contributed by atoms with Gasteiger partial charge in [-0.05, 0) is 50.5 Å². The Hall–Kier alpha value is -1.42. The van der Waals surface area contributed by atoms with Gasteiger partial charge in [-0.25, -0.2) is 4.52 Å². The van der Waals surface area contributed by atoms with Crippen LogP contribution in [0.3, 0.4) is 0 Å². The normalized spacial score (nSPS) is 30.1. The molecule has 20 heavy (non-hydrogen) atoms. The molecule has 2 aliphatic carbocycles. The number of rotatable bonds is 4. The third kappa shape index (κ3) is 1.94. The Balaban J connectivity index is 1.58. The van der Waals surface area contributed by atoms with Gasteiger partial charge in [0.1, 0.15) is 0 Å². The molecule has 0 amide bonds. The lowest BCUT2D eigenvalue weighted by Gasteiger charge is -2.26. The topological polar surface area (TPSA) is 42.2 Å². The molecule has 4 unspecified atom stereocenters. The Morgan fingerprint density at radius 3 is 3.05 bits per heavy atom. The highest BCUT2D eigenvalue weighted by atomic mass is 15.2. The third-order valence-corrected chi connectivity index (χ3v) is 5.50. The summed E-state index contributed by atoms with van der Waals surface area (Å²) in [5.74, 6) is 2.90. The van der Waals surface area contributed by atoms with Gasteiger partial charge in [-0.15, -0.1) is 0 Å². The zero-order valence-electron chi connectivity index (χ0n) is 12.0. The highest BCUT2D eigenvalue weighted by Gasteiger charge is 2.40. The van der Waals surface area contributed by atoms with E-state index in [9.17, 15) is 0 Å². The molecule has 2 fully saturated rings. The second-order valence-corrected chi connectivity index (χ2v) is 6.52. The second kappa shape index (κ2) is 4.85. The summed E-state index contributed by atoms with van der Waals surface area (Å²) in [6.45, 7) is 0. The molecule has 0 radical (unpaired) electrons. The molecule has 2 aliphatic rings. The van der Waals surface area contributed by atoms with Gasteiger partial charge < -0.3 is 5.32 Å². The van der Waals surface area contributed by atoms with Crippen molar-refractivity contribution in [1.29, 1.82) is 0 Å². The minimum absolute atomic E-state index is 0.404. The summed E-state index contributed by atoms with van der Waals surface area (Å²) < 4.78 is 1.92. The second-order valence-electron chi connectivity index (χ2n) is 6.52. The van der Waals surface area contributed by atoms with Crippen LogP contribution in [0.15, 0.2) is 24.8 Å². The molecule has 0 aliphatic heterocycles. The van der Waals surface area contributed by atoms with Crippen molar-refractivity contribution in [3.8, 4) is 0 Å². The van der Waals surface area contributed by atoms with Gasteiger partial charge in [0, 0.05) is 24.0 Å². The van der Waals surface area contributed by atoms with Crippen LogP contribution in [0.2, 0.25) is 0 Å². The molecule has 4 atom stereocenters. The van der Waals surface area contributed by atoms with Crippen molar-refractivity contribution >= 4 is 5.52 Å². The number of hydrogen-bond donors (Lipinski definition) is 1. The van der Waals surface area contributed by atoms with Crippen LogP contribution in [0, 0.1) is 17.8 Å². The van der Waals surface area contributed by atoms with Crippen molar-refractivity contribution in [2.75, 3.05) is 7.05 Å². The molecule has 4 heteroatoms. The van der Waals surface area contributed by atoms with Crippen molar-refractivity contribution in [3.63, 3.8) is 0 Å². The zero-order chi connectivity index (χ0) is 13.5. The van der Waals surface area contributed by atoms with E-state index in [4.69, 9.17) is 0 Å². The summed E-state index contributed by atoms with van der Waals surface area (Å²) in [7, 11) is 2.07. The molecule has 2 saturated carbocycles. The van der Waals surface area contributed by atoms with Crippen LogP contribution in [-0.4, -0.2) is 21.6 Å². The molecule has 4 rings (SSSR count). The molecule has 2 heterocycles. The summed E-state index contributed by atoms with van der Waals surface area (Å²) in [6.07, 6.45) is 14.7. The molecular weight excluding hydrogens is 248 g/mol. The molecule has 0 aromatic carbocycles. The van der Waals surface area contributed by atoms with Crippen molar-refractivity contribution in [3.05, 3.63) is 30.4 Å². The first-order valence-corrected chi connectivity index (χ1v) is 7.79. The molecule has 2 aromatic rings. The van der Waals surface area contributed by atoms with E-state index in [0.29, 0.717) is 6.04 Å². The average Bonchev–Trinajstić information content (AvgIpc) is 3.19. The van der Waals surface area contributed by atoms with E-state index >= 15 is 0 Å². The van der Waals surface area contributed by atoms with E-state index in [2.05, 4.69) is 22.4 Å². The number of nitrogens with one attached hydrogen (secondary N) is 1. The van der Waals surface area contributed by atoms with Crippen LogP contribution in [0.1, 0.15) is 43.7 Å². The van der Waals surface area contributed by atoms with E-state index in [1.807, 2.05) is 23.1 Å². The fourth-order valence-electron chi connectivity index (χ4n) is 4.49. The third-order valence-electron chi connectivity index (χ3n) is 5.50. The Labute approximate surface area is 119 Å². The van der Waals surface area contributed by atoms with Crippen molar-refractivity contribution in [2.45, 2.75) is 38.1 Å². The van der Waals surface area contributed by atoms with E-state index in [0.717, 1.165) is 23.3 Å². The largest absolute Gasteiger partial charge is 0.313 e. The van der Waals surface area contributed by atoms with Crippen LogP contribution < -0.4 is 5.32 Å². The van der Waals surface area contributed by atoms with Crippen LogP contribution >= 0.6 is 0 Å². The molecule has 4 nitrogen and oxygen atoms in total.